The Bertz CT molecular complexity index is 323. The topological polar surface area (TPSA) is 43.4 Å². The van der Waals surface area contributed by atoms with E-state index in [0.717, 1.165) is 0 Å². The second-order valence-corrected chi connectivity index (χ2v) is 4.53. The van der Waals surface area contributed by atoms with Crippen LogP contribution in [0.4, 0.5) is 0 Å². The molecule has 0 atom stereocenters. The van der Waals surface area contributed by atoms with Crippen LogP contribution in [0.15, 0.2) is 30.3 Å². The molecule has 0 aliphatic rings. The Kier molecular flexibility index (Phi) is 6.07. The van der Waals surface area contributed by atoms with Crippen LogP contribution in [-0.4, -0.2) is 8.42 Å². The van der Waals surface area contributed by atoms with E-state index in [0.29, 0.717) is 0 Å². The lowest BCUT2D eigenvalue weighted by atomic mass is 10.2. The molecule has 13 heavy (non-hydrogen) atoms. The van der Waals surface area contributed by atoms with Crippen LogP contribution in [-0.2, 0) is 13.1 Å². The summed E-state index contributed by atoms with van der Waals surface area (Å²) in [6.07, 6.45) is 0. The number of rotatable bonds is 1. The highest BCUT2D eigenvalue weighted by Crippen LogP contribution is 1.99. The molecule has 0 amide bonds. The van der Waals surface area contributed by atoms with Crippen molar-refractivity contribution in [2.45, 2.75) is 6.92 Å². The van der Waals surface area contributed by atoms with Gasteiger partial charge in [-0.2, -0.15) is 8.42 Å². The summed E-state index contributed by atoms with van der Waals surface area (Å²) >= 11 is 4.26. The van der Waals surface area contributed by atoms with Gasteiger partial charge in [-0.1, -0.05) is 35.9 Å². The maximum Gasteiger partial charge on any atom is 0.371 e. The van der Waals surface area contributed by atoms with E-state index in [1.165, 1.54) is 5.56 Å². The molecule has 0 aliphatic heterocycles. The molecule has 74 valence electrons. The minimum atomic E-state index is -3.92. The van der Waals surface area contributed by atoms with Gasteiger partial charge in [0.1, 0.15) is 0 Å². The van der Waals surface area contributed by atoms with Crippen molar-refractivity contribution < 1.29 is 12.2 Å². The van der Waals surface area contributed by atoms with Gasteiger partial charge in [-0.25, -0.2) is 0 Å². The number of hydrogen-bond acceptors (Lipinski definition) is 3. The van der Waals surface area contributed by atoms with E-state index in [4.69, 9.17) is 0 Å². The molecule has 0 saturated heterocycles. The highest BCUT2D eigenvalue weighted by Gasteiger charge is 1.98. The molecule has 1 rings (SSSR count). The molecule has 0 unspecified atom stereocenters. The third-order valence-corrected chi connectivity index (χ3v) is 2.05. The average Bonchev–Trinajstić information content (AvgIpc) is 2.06. The van der Waals surface area contributed by atoms with Crippen LogP contribution in [0.3, 0.4) is 0 Å². The van der Waals surface area contributed by atoms with Crippen molar-refractivity contribution in [3.05, 3.63) is 35.9 Å². The maximum atomic E-state index is 9.41. The second-order valence-electron chi connectivity index (χ2n) is 2.11. The van der Waals surface area contributed by atoms with Crippen molar-refractivity contribution in [3.8, 4) is 0 Å². The van der Waals surface area contributed by atoms with Gasteiger partial charge in [0.2, 0.25) is 0 Å². The minimum absolute atomic E-state index is 1.32. The molecule has 0 N–H and O–H groups in total. The van der Waals surface area contributed by atoms with Crippen LogP contribution in [0, 0.1) is 6.92 Å². The van der Waals surface area contributed by atoms with Gasteiger partial charge in [-0.3, -0.25) is 0 Å². The van der Waals surface area contributed by atoms with Gasteiger partial charge < -0.3 is 0 Å². The van der Waals surface area contributed by atoms with Crippen LogP contribution in [0.1, 0.15) is 5.56 Å². The van der Waals surface area contributed by atoms with Crippen LogP contribution in [0.25, 0.3) is 0 Å². The Morgan fingerprint density at radius 3 is 1.77 bits per heavy atom. The zero-order chi connectivity index (χ0) is 10.3. The van der Waals surface area contributed by atoms with E-state index in [2.05, 4.69) is 45.3 Å². The Morgan fingerprint density at radius 2 is 1.62 bits per heavy atom. The summed E-state index contributed by atoms with van der Waals surface area (Å²) in [6.45, 7) is 2.08. The Balaban J connectivity index is 0.000000226. The van der Waals surface area contributed by atoms with Gasteiger partial charge in [-0.15, -0.1) is 3.74 Å². The van der Waals surface area contributed by atoms with Gasteiger partial charge in [0.15, 0.2) is 0 Å². The molecule has 6 heteroatoms. The van der Waals surface area contributed by atoms with Crippen molar-refractivity contribution in [2.75, 3.05) is 0 Å². The van der Waals surface area contributed by atoms with Crippen molar-refractivity contribution >= 4 is 31.9 Å². The first-order chi connectivity index (χ1) is 5.95. The number of aryl methyl sites for hydroxylation is 1. The highest BCUT2D eigenvalue weighted by molar-refractivity contribution is 8.10. The standard InChI is InChI=1S/C7H8.Cl2O3S/c1-7-5-3-2-4-6-7;1-5-6(2,3)4/h2-6H,1H3;. The van der Waals surface area contributed by atoms with E-state index in [9.17, 15) is 8.42 Å². The summed E-state index contributed by atoms with van der Waals surface area (Å²) in [5.41, 5.74) is 1.32. The van der Waals surface area contributed by atoms with E-state index in [1.807, 2.05) is 18.2 Å². The van der Waals surface area contributed by atoms with Gasteiger partial charge in [0, 0.05) is 0 Å². The molecule has 0 aromatic heterocycles. The van der Waals surface area contributed by atoms with Crippen molar-refractivity contribution in [1.29, 1.82) is 0 Å². The molecule has 1 aromatic carbocycles. The monoisotopic (exact) mass is 242 g/mol. The predicted octanol–water partition coefficient (Wildman–Crippen LogP) is 2.64. The van der Waals surface area contributed by atoms with Crippen LogP contribution < -0.4 is 0 Å². The molecular formula is C7H8Cl2O3S. The summed E-state index contributed by atoms with van der Waals surface area (Å²) < 4.78 is 22.0. The van der Waals surface area contributed by atoms with Crippen molar-refractivity contribution in [2.24, 2.45) is 0 Å². The zero-order valence-corrected chi connectivity index (χ0v) is 9.10. The fourth-order valence-electron chi connectivity index (χ4n) is 0.534. The summed E-state index contributed by atoms with van der Waals surface area (Å²) in [7, 11) is 0.411. The Labute approximate surface area is 87.0 Å². The van der Waals surface area contributed by atoms with Crippen LogP contribution in [0.5, 0.6) is 0 Å². The first kappa shape index (κ1) is 12.7. The van der Waals surface area contributed by atoms with Gasteiger partial charge in [-0.05, 0) is 6.92 Å². The lowest BCUT2D eigenvalue weighted by molar-refractivity contribution is 0.527. The largest absolute Gasteiger partial charge is 0.371 e. The third kappa shape index (κ3) is 9.63. The lowest BCUT2D eigenvalue weighted by Gasteiger charge is -1.82. The normalized spacial score (nSPS) is 10.1. The fourth-order valence-corrected chi connectivity index (χ4v) is 0.534. The Hall–Kier alpha value is -0.290. The number of halogens is 2. The maximum absolute atomic E-state index is 9.41. The minimum Gasteiger partial charge on any atom is -0.180 e. The van der Waals surface area contributed by atoms with Crippen molar-refractivity contribution in [3.63, 3.8) is 0 Å². The molecule has 0 fully saturated rings. The molecule has 0 saturated carbocycles. The molecule has 0 spiro atoms. The molecule has 1 aromatic rings. The van der Waals surface area contributed by atoms with Gasteiger partial charge in [0.25, 0.3) is 0 Å². The van der Waals surface area contributed by atoms with E-state index in [-0.39, 0.29) is 0 Å². The third-order valence-electron chi connectivity index (χ3n) is 1.02. The number of hydrogen-bond donors (Lipinski definition) is 0. The Morgan fingerprint density at radius 1 is 1.23 bits per heavy atom. The van der Waals surface area contributed by atoms with Gasteiger partial charge in [0.05, 0.1) is 22.5 Å². The van der Waals surface area contributed by atoms with Crippen LogP contribution in [0.2, 0.25) is 0 Å². The first-order valence-electron chi connectivity index (χ1n) is 3.22. The summed E-state index contributed by atoms with van der Waals surface area (Å²) in [5, 5.41) is 0. The smallest absolute Gasteiger partial charge is 0.180 e. The summed E-state index contributed by atoms with van der Waals surface area (Å²) in [5.74, 6) is 0. The average molecular weight is 243 g/mol. The molecule has 0 bridgehead atoms. The molecule has 0 heterocycles. The second kappa shape index (κ2) is 6.21. The van der Waals surface area contributed by atoms with Gasteiger partial charge >= 0.3 is 9.33 Å². The molecule has 3 nitrogen and oxygen atoms in total. The van der Waals surface area contributed by atoms with Crippen LogP contribution >= 0.6 is 22.5 Å². The molecular weight excluding hydrogens is 235 g/mol. The first-order valence-corrected chi connectivity index (χ1v) is 5.76. The molecule has 0 radical (unpaired) electrons. The van der Waals surface area contributed by atoms with E-state index in [1.54, 1.807) is 0 Å². The summed E-state index contributed by atoms with van der Waals surface area (Å²) in [4.78, 5) is 0. The quantitative estimate of drug-likeness (QED) is 0.712. The van der Waals surface area contributed by atoms with Crippen molar-refractivity contribution in [1.82, 2.24) is 0 Å². The van der Waals surface area contributed by atoms with E-state index >= 15 is 0 Å². The fraction of sp³-hybridized carbons (Fsp3) is 0.143. The molecule has 0 aliphatic carbocycles. The predicted molar refractivity (Wildman–Crippen MR) is 52.9 cm³/mol. The lowest BCUT2D eigenvalue weighted by Crippen LogP contribution is -1.82. The zero-order valence-electron chi connectivity index (χ0n) is 6.78. The highest BCUT2D eigenvalue weighted by atomic mass is 35.7. The SMILES string of the molecule is Cc1ccccc1.O=S(=O)(Cl)OCl. The summed E-state index contributed by atoms with van der Waals surface area (Å²) in [6, 6.07) is 10.3. The number of benzene rings is 1. The van der Waals surface area contributed by atoms with E-state index < -0.39 is 9.33 Å².